The molecule has 1 aliphatic heterocycles. The molecule has 5 aromatic rings. The van der Waals surface area contributed by atoms with Gasteiger partial charge < -0.3 is 9.55 Å². The third-order valence-electron chi connectivity index (χ3n) is 9.77. The maximum atomic E-state index is 4.96. The first kappa shape index (κ1) is 28.8. The number of para-hydroxylation sites is 1. The summed E-state index contributed by atoms with van der Waals surface area (Å²) in [7, 11) is 0. The summed E-state index contributed by atoms with van der Waals surface area (Å²) in [6.45, 7) is 9.18. The van der Waals surface area contributed by atoms with Gasteiger partial charge in [0.25, 0.3) is 0 Å². The van der Waals surface area contributed by atoms with Gasteiger partial charge in [-0.3, -0.25) is 4.98 Å². The molecule has 1 saturated carbocycles. The number of rotatable bonds is 2. The molecule has 0 N–H and O–H groups in total. The van der Waals surface area contributed by atoms with Gasteiger partial charge in [-0.1, -0.05) is 63.5 Å². The Morgan fingerprint density at radius 2 is 1.69 bits per heavy atom. The second kappa shape index (κ2) is 11.4. The van der Waals surface area contributed by atoms with E-state index < -0.39 is 0 Å². The maximum absolute atomic E-state index is 4.96. The molecule has 0 spiro atoms. The Morgan fingerprint density at radius 1 is 0.881 bits per heavy atom. The second-order valence-corrected chi connectivity index (χ2v) is 12.4. The number of allylic oxidation sites excluding steroid dienone is 2. The fraction of sp³-hybridized carbons (Fsp3) is 0.316. The minimum Gasteiger partial charge on any atom is -0.358 e. The minimum absolute atomic E-state index is 0. The number of fused-ring (bicyclic) bond motifs is 3. The average Bonchev–Trinajstić information content (AvgIpc) is 3.69. The van der Waals surface area contributed by atoms with Crippen molar-refractivity contribution >= 4 is 16.6 Å². The van der Waals surface area contributed by atoms with Crippen LogP contribution in [0.5, 0.6) is 0 Å². The topological polar surface area (TPSA) is 30.7 Å². The van der Waals surface area contributed by atoms with E-state index in [-0.39, 0.29) is 25.5 Å². The van der Waals surface area contributed by atoms with Crippen LogP contribution in [0.25, 0.3) is 39.3 Å². The third-order valence-corrected chi connectivity index (χ3v) is 9.77. The van der Waals surface area contributed by atoms with E-state index in [1.54, 1.807) is 5.57 Å². The predicted octanol–water partition coefficient (Wildman–Crippen LogP) is 9.59. The molecule has 42 heavy (non-hydrogen) atoms. The van der Waals surface area contributed by atoms with Crippen LogP contribution in [0.2, 0.25) is 0 Å². The van der Waals surface area contributed by atoms with Crippen LogP contribution in [0.3, 0.4) is 0 Å². The normalized spacial score (nSPS) is 20.0. The number of aromatic nitrogens is 3. The SMILES string of the molecule is CC1C=C(C2CCCC2)c2cccc3nc(-c4[c-]cccc4)n1c23.CC1c2ccc[c-]c2-c2ncccc2C1(C)C.[Ir]. The van der Waals surface area contributed by atoms with E-state index in [9.17, 15) is 0 Å². The van der Waals surface area contributed by atoms with Gasteiger partial charge in [-0.2, -0.15) is 0 Å². The summed E-state index contributed by atoms with van der Waals surface area (Å²) in [5.41, 5.74) is 11.5. The molecule has 3 heterocycles. The molecular weight excluding hydrogens is 691 g/mol. The van der Waals surface area contributed by atoms with Crippen LogP contribution in [0.1, 0.15) is 82.0 Å². The first-order valence-corrected chi connectivity index (χ1v) is 15.1. The smallest absolute Gasteiger partial charge is 0.0777 e. The molecule has 0 amide bonds. The van der Waals surface area contributed by atoms with Crippen molar-refractivity contribution in [1.82, 2.24) is 14.5 Å². The molecule has 8 rings (SSSR count). The molecule has 2 unspecified atom stereocenters. The summed E-state index contributed by atoms with van der Waals surface area (Å²) in [4.78, 5) is 9.52. The van der Waals surface area contributed by atoms with Crippen molar-refractivity contribution in [2.75, 3.05) is 0 Å². The van der Waals surface area contributed by atoms with Crippen molar-refractivity contribution in [1.29, 1.82) is 0 Å². The van der Waals surface area contributed by atoms with Crippen LogP contribution in [0.15, 0.2) is 85.1 Å². The monoisotopic (exact) mass is 728 g/mol. The molecule has 3 nitrogen and oxygen atoms in total. The third kappa shape index (κ3) is 4.70. The summed E-state index contributed by atoms with van der Waals surface area (Å²) in [5, 5.41) is 0. The number of hydrogen-bond donors (Lipinski definition) is 0. The zero-order valence-corrected chi connectivity index (χ0v) is 27.2. The number of imidazole rings is 1. The Hall–Kier alpha value is -3.33. The van der Waals surface area contributed by atoms with Gasteiger partial charge in [0.2, 0.25) is 0 Å². The van der Waals surface area contributed by atoms with E-state index in [1.165, 1.54) is 53.5 Å². The molecular formula is C38H37IrN3-2. The molecule has 0 saturated heterocycles. The Balaban J connectivity index is 0.000000155. The fourth-order valence-corrected chi connectivity index (χ4v) is 7.28. The first-order valence-electron chi connectivity index (χ1n) is 15.1. The number of nitrogens with zero attached hydrogens (tertiary/aromatic N) is 3. The van der Waals surface area contributed by atoms with Gasteiger partial charge in [-0.25, -0.2) is 0 Å². The van der Waals surface area contributed by atoms with Crippen LogP contribution in [-0.2, 0) is 25.5 Å². The Morgan fingerprint density at radius 3 is 2.48 bits per heavy atom. The van der Waals surface area contributed by atoms with E-state index in [4.69, 9.17) is 4.98 Å². The van der Waals surface area contributed by atoms with E-state index in [2.05, 4.69) is 104 Å². The molecule has 215 valence electrons. The van der Waals surface area contributed by atoms with Crippen molar-refractivity contribution in [2.24, 2.45) is 5.92 Å². The van der Waals surface area contributed by atoms with E-state index in [0.717, 1.165) is 28.5 Å². The van der Waals surface area contributed by atoms with E-state index in [1.807, 2.05) is 30.5 Å². The van der Waals surface area contributed by atoms with Crippen LogP contribution >= 0.6 is 0 Å². The van der Waals surface area contributed by atoms with Crippen LogP contribution < -0.4 is 0 Å². The van der Waals surface area contributed by atoms with Crippen LogP contribution in [0.4, 0.5) is 0 Å². The van der Waals surface area contributed by atoms with Gasteiger partial charge >= 0.3 is 0 Å². The maximum Gasteiger partial charge on any atom is 0.0777 e. The standard InChI is InChI=1S/C22H21N2.C16H16N.Ir/c1-15-14-19(16-8-5-6-9-16)18-12-7-13-20-21(18)24(15)22(23-20)17-10-3-2-4-11-17;1-11-12-7-4-5-8-13(12)15-14(16(11,2)3)9-6-10-17-15;/h2-4,7,10,12-16H,5-6,8-9H2,1H3;4-7,9-11H,1-3H3;/q2*-1;. The molecule has 2 aromatic heterocycles. The van der Waals surface area contributed by atoms with Gasteiger partial charge in [0.1, 0.15) is 0 Å². The fourth-order valence-electron chi connectivity index (χ4n) is 7.28. The van der Waals surface area contributed by atoms with Crippen molar-refractivity contribution in [3.63, 3.8) is 0 Å². The van der Waals surface area contributed by atoms with Crippen LogP contribution in [-0.4, -0.2) is 14.5 Å². The molecule has 3 aromatic carbocycles. The molecule has 0 bridgehead atoms. The van der Waals surface area contributed by atoms with Gasteiger partial charge in [0, 0.05) is 37.9 Å². The summed E-state index contributed by atoms with van der Waals surface area (Å²) in [6.07, 6.45) is 9.76. The molecule has 2 atom stereocenters. The largest absolute Gasteiger partial charge is 0.358 e. The van der Waals surface area contributed by atoms with Gasteiger partial charge in [0.15, 0.2) is 0 Å². The van der Waals surface area contributed by atoms with Gasteiger partial charge in [0.05, 0.1) is 16.9 Å². The Bertz CT molecular complexity index is 1760. The van der Waals surface area contributed by atoms with Crippen molar-refractivity contribution in [3.05, 3.63) is 114 Å². The van der Waals surface area contributed by atoms with E-state index >= 15 is 0 Å². The molecule has 1 radical (unpaired) electrons. The number of benzene rings is 3. The molecule has 3 aliphatic rings. The average molecular weight is 728 g/mol. The Labute approximate surface area is 263 Å². The Kier molecular flexibility index (Phi) is 7.81. The van der Waals surface area contributed by atoms with Crippen LogP contribution in [0, 0.1) is 18.1 Å². The molecule has 2 aliphatic carbocycles. The summed E-state index contributed by atoms with van der Waals surface area (Å²) >= 11 is 0. The number of hydrogen-bond acceptors (Lipinski definition) is 2. The second-order valence-electron chi connectivity index (χ2n) is 12.4. The van der Waals surface area contributed by atoms with Gasteiger partial charge in [-0.05, 0) is 60.4 Å². The van der Waals surface area contributed by atoms with Crippen molar-refractivity contribution in [3.8, 4) is 22.6 Å². The predicted molar refractivity (Wildman–Crippen MR) is 169 cm³/mol. The summed E-state index contributed by atoms with van der Waals surface area (Å²) in [5.74, 6) is 2.26. The quantitative estimate of drug-likeness (QED) is 0.170. The summed E-state index contributed by atoms with van der Waals surface area (Å²) in [6, 6.07) is 32.2. The molecule has 4 heteroatoms. The van der Waals surface area contributed by atoms with E-state index in [0.29, 0.717) is 12.0 Å². The zero-order chi connectivity index (χ0) is 28.1. The summed E-state index contributed by atoms with van der Waals surface area (Å²) < 4.78 is 2.40. The number of pyridine rings is 1. The first-order chi connectivity index (χ1) is 19.9. The molecule has 1 fully saturated rings. The van der Waals surface area contributed by atoms with Gasteiger partial charge in [-0.15, -0.1) is 71.3 Å². The minimum atomic E-state index is 0. The zero-order valence-electron chi connectivity index (χ0n) is 24.8. The van der Waals surface area contributed by atoms with Crippen molar-refractivity contribution < 1.29 is 20.1 Å². The van der Waals surface area contributed by atoms with Crippen molar-refractivity contribution in [2.45, 2.75) is 70.8 Å².